The maximum atomic E-state index is 12.2. The first-order valence-electron chi connectivity index (χ1n) is 8.67. The second-order valence-corrected chi connectivity index (χ2v) is 7.87. The molecule has 0 aliphatic rings. The smallest absolute Gasteiger partial charge is 0.262 e. The number of hydrogen-bond acceptors (Lipinski definition) is 3. The number of benzene rings is 2. The summed E-state index contributed by atoms with van der Waals surface area (Å²) in [5.74, 6) is 0.0819. The fraction of sp³-hybridized carbons (Fsp3) is 0.333. The number of carbonyl (C=O) groups is 2. The van der Waals surface area contributed by atoms with Crippen molar-refractivity contribution in [3.63, 3.8) is 0 Å². The fourth-order valence-electron chi connectivity index (χ4n) is 2.49. The number of halogens is 1. The molecule has 2 aromatic carbocycles. The van der Waals surface area contributed by atoms with E-state index in [2.05, 4.69) is 10.6 Å². The van der Waals surface area contributed by atoms with E-state index >= 15 is 0 Å². The summed E-state index contributed by atoms with van der Waals surface area (Å²) < 4.78 is 5.55. The van der Waals surface area contributed by atoms with E-state index in [1.54, 1.807) is 36.4 Å². The SMILES string of the molecule is Cc1cc(OCC(=O)Nc2cccc(C(=O)NC(C)(C)C)c2)cc(C)c1Cl. The van der Waals surface area contributed by atoms with Crippen LogP contribution in [0.25, 0.3) is 0 Å². The Labute approximate surface area is 165 Å². The topological polar surface area (TPSA) is 67.4 Å². The van der Waals surface area contributed by atoms with Gasteiger partial charge in [0.1, 0.15) is 5.75 Å². The first-order valence-corrected chi connectivity index (χ1v) is 9.05. The molecule has 144 valence electrons. The highest BCUT2D eigenvalue weighted by atomic mass is 35.5. The van der Waals surface area contributed by atoms with Crippen molar-refractivity contribution in [1.82, 2.24) is 5.32 Å². The fourth-order valence-corrected chi connectivity index (χ4v) is 2.60. The van der Waals surface area contributed by atoms with Crippen molar-refractivity contribution in [2.24, 2.45) is 0 Å². The molecule has 2 rings (SSSR count). The zero-order chi connectivity index (χ0) is 20.2. The van der Waals surface area contributed by atoms with Gasteiger partial charge in [-0.2, -0.15) is 0 Å². The van der Waals surface area contributed by atoms with Crippen molar-refractivity contribution < 1.29 is 14.3 Å². The van der Waals surface area contributed by atoms with Crippen LogP contribution in [-0.4, -0.2) is 24.0 Å². The van der Waals surface area contributed by atoms with Gasteiger partial charge >= 0.3 is 0 Å². The van der Waals surface area contributed by atoms with E-state index in [0.29, 0.717) is 22.0 Å². The molecular formula is C21H25ClN2O3. The Bertz CT molecular complexity index is 834. The monoisotopic (exact) mass is 388 g/mol. The van der Waals surface area contributed by atoms with E-state index in [1.807, 2.05) is 34.6 Å². The Morgan fingerprint density at radius 1 is 1.07 bits per heavy atom. The van der Waals surface area contributed by atoms with Gasteiger partial charge in [0.2, 0.25) is 0 Å². The van der Waals surface area contributed by atoms with Crippen molar-refractivity contribution in [2.75, 3.05) is 11.9 Å². The molecule has 0 aliphatic heterocycles. The third kappa shape index (κ3) is 6.29. The number of nitrogens with one attached hydrogen (secondary N) is 2. The zero-order valence-electron chi connectivity index (χ0n) is 16.3. The molecule has 6 heteroatoms. The molecule has 0 bridgehead atoms. The van der Waals surface area contributed by atoms with Crippen LogP contribution in [0.3, 0.4) is 0 Å². The van der Waals surface area contributed by atoms with Gasteiger partial charge in [0.15, 0.2) is 6.61 Å². The Kier molecular flexibility index (Phi) is 6.50. The number of anilines is 1. The second-order valence-electron chi connectivity index (χ2n) is 7.49. The van der Waals surface area contributed by atoms with Crippen molar-refractivity contribution >= 4 is 29.1 Å². The lowest BCUT2D eigenvalue weighted by molar-refractivity contribution is -0.118. The Balaban J connectivity index is 1.98. The lowest BCUT2D eigenvalue weighted by Crippen LogP contribution is -2.40. The quantitative estimate of drug-likeness (QED) is 0.792. The number of carbonyl (C=O) groups excluding carboxylic acids is 2. The summed E-state index contributed by atoms with van der Waals surface area (Å²) in [7, 11) is 0. The molecule has 0 fully saturated rings. The maximum Gasteiger partial charge on any atom is 0.262 e. The van der Waals surface area contributed by atoms with Crippen LogP contribution in [0.1, 0.15) is 42.3 Å². The molecule has 0 unspecified atom stereocenters. The number of hydrogen-bond donors (Lipinski definition) is 2. The van der Waals surface area contributed by atoms with Crippen LogP contribution < -0.4 is 15.4 Å². The van der Waals surface area contributed by atoms with Crippen LogP contribution in [0.2, 0.25) is 5.02 Å². The van der Waals surface area contributed by atoms with Crippen molar-refractivity contribution in [3.05, 3.63) is 58.1 Å². The van der Waals surface area contributed by atoms with Crippen molar-refractivity contribution in [3.8, 4) is 5.75 Å². The van der Waals surface area contributed by atoms with Gasteiger partial charge in [0.25, 0.3) is 11.8 Å². The van der Waals surface area contributed by atoms with Gasteiger partial charge in [0.05, 0.1) is 0 Å². The predicted molar refractivity (Wildman–Crippen MR) is 109 cm³/mol. The van der Waals surface area contributed by atoms with E-state index in [-0.39, 0.29) is 24.0 Å². The molecule has 2 amide bonds. The normalized spacial score (nSPS) is 11.0. The van der Waals surface area contributed by atoms with Gasteiger partial charge in [-0.05, 0) is 76.1 Å². The highest BCUT2D eigenvalue weighted by Gasteiger charge is 2.15. The van der Waals surface area contributed by atoms with Crippen LogP contribution in [0.15, 0.2) is 36.4 Å². The average molecular weight is 389 g/mol. The lowest BCUT2D eigenvalue weighted by atomic mass is 10.1. The minimum atomic E-state index is -0.334. The van der Waals surface area contributed by atoms with Crippen LogP contribution in [0, 0.1) is 13.8 Å². The Morgan fingerprint density at radius 2 is 1.70 bits per heavy atom. The molecule has 0 radical (unpaired) electrons. The molecule has 0 aliphatic carbocycles. The van der Waals surface area contributed by atoms with Crippen LogP contribution in [-0.2, 0) is 4.79 Å². The maximum absolute atomic E-state index is 12.2. The number of rotatable bonds is 5. The molecule has 0 saturated heterocycles. The Morgan fingerprint density at radius 3 is 2.30 bits per heavy atom. The van der Waals surface area contributed by atoms with E-state index in [0.717, 1.165) is 11.1 Å². The van der Waals surface area contributed by atoms with Crippen molar-refractivity contribution in [1.29, 1.82) is 0 Å². The summed E-state index contributed by atoms with van der Waals surface area (Å²) in [6.45, 7) is 9.36. The second kappa shape index (κ2) is 8.44. The predicted octanol–water partition coefficient (Wildman–Crippen LogP) is 4.50. The average Bonchev–Trinajstić information content (AvgIpc) is 2.56. The molecule has 0 saturated carbocycles. The van der Waals surface area contributed by atoms with Gasteiger partial charge in [-0.15, -0.1) is 0 Å². The molecule has 0 atom stereocenters. The summed E-state index contributed by atoms with van der Waals surface area (Å²) in [5, 5.41) is 6.32. The summed E-state index contributed by atoms with van der Waals surface area (Å²) in [5.41, 5.74) is 2.47. The number of aryl methyl sites for hydroxylation is 2. The molecule has 5 nitrogen and oxygen atoms in total. The van der Waals surface area contributed by atoms with Gasteiger partial charge in [-0.3, -0.25) is 9.59 Å². The van der Waals surface area contributed by atoms with Gasteiger partial charge in [-0.1, -0.05) is 17.7 Å². The first kappa shape index (κ1) is 20.8. The zero-order valence-corrected chi connectivity index (χ0v) is 17.0. The molecular weight excluding hydrogens is 364 g/mol. The van der Waals surface area contributed by atoms with Crippen LogP contribution >= 0.6 is 11.6 Å². The number of ether oxygens (including phenoxy) is 1. The molecule has 0 spiro atoms. The van der Waals surface area contributed by atoms with Crippen molar-refractivity contribution in [2.45, 2.75) is 40.2 Å². The first-order chi connectivity index (χ1) is 12.5. The molecule has 27 heavy (non-hydrogen) atoms. The third-order valence-corrected chi connectivity index (χ3v) is 4.27. The summed E-state index contributed by atoms with van der Waals surface area (Å²) in [6, 6.07) is 10.4. The summed E-state index contributed by atoms with van der Waals surface area (Å²) in [6.07, 6.45) is 0. The Hall–Kier alpha value is -2.53. The van der Waals surface area contributed by atoms with Gasteiger partial charge < -0.3 is 15.4 Å². The van der Waals surface area contributed by atoms with E-state index in [9.17, 15) is 9.59 Å². The molecule has 0 heterocycles. The van der Waals surface area contributed by atoms with E-state index in [1.165, 1.54) is 0 Å². The lowest BCUT2D eigenvalue weighted by Gasteiger charge is -2.20. The largest absolute Gasteiger partial charge is 0.484 e. The standard InChI is InChI=1S/C21H25ClN2O3/c1-13-9-17(10-14(2)19(13)22)27-12-18(25)23-16-8-6-7-15(11-16)20(26)24-21(3,4)5/h6-11H,12H2,1-5H3,(H,23,25)(H,24,26). The summed E-state index contributed by atoms with van der Waals surface area (Å²) in [4.78, 5) is 24.4. The minimum absolute atomic E-state index is 0.140. The molecule has 0 aromatic heterocycles. The van der Waals surface area contributed by atoms with E-state index < -0.39 is 0 Å². The van der Waals surface area contributed by atoms with E-state index in [4.69, 9.17) is 16.3 Å². The molecule has 2 aromatic rings. The minimum Gasteiger partial charge on any atom is -0.484 e. The third-order valence-electron chi connectivity index (χ3n) is 3.68. The van der Waals surface area contributed by atoms with Gasteiger partial charge in [-0.25, -0.2) is 0 Å². The van der Waals surface area contributed by atoms with Crippen LogP contribution in [0.4, 0.5) is 5.69 Å². The highest BCUT2D eigenvalue weighted by molar-refractivity contribution is 6.32. The summed E-state index contributed by atoms with van der Waals surface area (Å²) >= 11 is 6.13. The number of amides is 2. The van der Waals surface area contributed by atoms with Gasteiger partial charge in [0, 0.05) is 21.8 Å². The molecule has 2 N–H and O–H groups in total. The van der Waals surface area contributed by atoms with Crippen LogP contribution in [0.5, 0.6) is 5.75 Å². The highest BCUT2D eigenvalue weighted by Crippen LogP contribution is 2.25.